The van der Waals surface area contributed by atoms with Gasteiger partial charge in [-0.1, -0.05) is 45.9 Å². The summed E-state index contributed by atoms with van der Waals surface area (Å²) in [6.45, 7) is 10.4. The Morgan fingerprint density at radius 1 is 1.18 bits per heavy atom. The molecule has 0 saturated carbocycles. The van der Waals surface area contributed by atoms with Crippen LogP contribution >= 0.6 is 0 Å². The molecule has 2 heterocycles. The van der Waals surface area contributed by atoms with Crippen molar-refractivity contribution in [2.75, 3.05) is 13.1 Å². The molecule has 1 N–H and O–H groups in total. The molecule has 1 atom stereocenters. The normalized spacial score (nSPS) is 19.6. The van der Waals surface area contributed by atoms with E-state index < -0.39 is 11.4 Å². The summed E-state index contributed by atoms with van der Waals surface area (Å²) in [5, 5.41) is 14.2. The number of carboxylic acid groups (broad SMARTS) is 1. The van der Waals surface area contributed by atoms with E-state index in [2.05, 4.69) is 23.9 Å². The molecule has 7 heteroatoms. The molecule has 7 nitrogen and oxygen atoms in total. The zero-order valence-electron chi connectivity index (χ0n) is 17.1. The number of benzene rings is 1. The van der Waals surface area contributed by atoms with E-state index in [1.807, 2.05) is 45.0 Å². The number of nitrogens with zero attached hydrogens (tertiary/aromatic N) is 4. The van der Waals surface area contributed by atoms with Gasteiger partial charge in [0.2, 0.25) is 5.82 Å². The van der Waals surface area contributed by atoms with Crippen molar-refractivity contribution in [3.63, 3.8) is 0 Å². The maximum atomic E-state index is 13.0. The summed E-state index contributed by atoms with van der Waals surface area (Å²) in [5.74, 6) is -0.177. The van der Waals surface area contributed by atoms with E-state index in [1.54, 1.807) is 9.58 Å². The van der Waals surface area contributed by atoms with Crippen LogP contribution in [0.3, 0.4) is 0 Å². The Bertz CT molecular complexity index is 903. The van der Waals surface area contributed by atoms with Gasteiger partial charge in [-0.2, -0.15) is 0 Å². The molecular weight excluding hydrogens is 356 g/mol. The number of hydrogen-bond acceptors (Lipinski definition) is 4. The predicted octanol–water partition coefficient (Wildman–Crippen LogP) is 3.27. The Hall–Kier alpha value is -2.70. The van der Waals surface area contributed by atoms with Crippen molar-refractivity contribution in [1.82, 2.24) is 19.7 Å². The fourth-order valence-corrected chi connectivity index (χ4v) is 3.92. The number of likely N-dealkylation sites (tertiary alicyclic amines) is 1. The van der Waals surface area contributed by atoms with E-state index in [4.69, 9.17) is 0 Å². The average molecular weight is 384 g/mol. The summed E-state index contributed by atoms with van der Waals surface area (Å²) in [7, 11) is 0. The number of rotatable bonds is 5. The number of amides is 1. The quantitative estimate of drug-likeness (QED) is 0.855. The lowest BCUT2D eigenvalue weighted by Crippen LogP contribution is -2.40. The van der Waals surface area contributed by atoms with Crippen LogP contribution in [-0.4, -0.2) is 49.7 Å². The second kappa shape index (κ2) is 7.37. The number of para-hydroxylation sites is 1. The number of hydrogen-bond donors (Lipinski definition) is 1. The van der Waals surface area contributed by atoms with Crippen LogP contribution in [0.2, 0.25) is 0 Å². The van der Waals surface area contributed by atoms with Crippen molar-refractivity contribution in [2.24, 2.45) is 11.3 Å². The summed E-state index contributed by atoms with van der Waals surface area (Å²) in [6, 6.07) is 7.94. The van der Waals surface area contributed by atoms with Gasteiger partial charge in [0.05, 0.1) is 11.1 Å². The molecule has 1 aromatic carbocycles. The monoisotopic (exact) mass is 384 g/mol. The third kappa shape index (κ3) is 3.30. The van der Waals surface area contributed by atoms with Crippen LogP contribution in [0.15, 0.2) is 24.3 Å². The highest BCUT2D eigenvalue weighted by atomic mass is 16.4. The third-order valence-corrected chi connectivity index (χ3v) is 5.87. The minimum Gasteiger partial charge on any atom is -0.481 e. The van der Waals surface area contributed by atoms with Gasteiger partial charge in [0.15, 0.2) is 0 Å². The van der Waals surface area contributed by atoms with Gasteiger partial charge in [0.25, 0.3) is 5.91 Å². The molecule has 1 aromatic heterocycles. The molecule has 150 valence electrons. The fourth-order valence-electron chi connectivity index (χ4n) is 3.92. The van der Waals surface area contributed by atoms with Crippen LogP contribution in [0.5, 0.6) is 0 Å². The zero-order chi connectivity index (χ0) is 20.6. The fraction of sp³-hybridized carbons (Fsp3) is 0.524. The molecule has 1 unspecified atom stereocenters. The van der Waals surface area contributed by atoms with Crippen LogP contribution in [0.1, 0.15) is 62.0 Å². The average Bonchev–Trinajstić information content (AvgIpc) is 3.26. The molecule has 28 heavy (non-hydrogen) atoms. The molecule has 0 aliphatic carbocycles. The number of aliphatic carboxylic acids is 1. The first-order valence-electron chi connectivity index (χ1n) is 9.73. The maximum absolute atomic E-state index is 13.0. The van der Waals surface area contributed by atoms with E-state index in [0.29, 0.717) is 24.7 Å². The second-order valence-corrected chi connectivity index (χ2v) is 8.20. The summed E-state index contributed by atoms with van der Waals surface area (Å²) >= 11 is 0. The minimum absolute atomic E-state index is 0.0621. The van der Waals surface area contributed by atoms with Crippen molar-refractivity contribution in [1.29, 1.82) is 0 Å². The van der Waals surface area contributed by atoms with Crippen molar-refractivity contribution in [3.05, 3.63) is 41.5 Å². The van der Waals surface area contributed by atoms with Crippen molar-refractivity contribution in [3.8, 4) is 5.69 Å². The van der Waals surface area contributed by atoms with Crippen LogP contribution in [0.4, 0.5) is 0 Å². The van der Waals surface area contributed by atoms with Gasteiger partial charge in [0, 0.05) is 13.1 Å². The highest BCUT2D eigenvalue weighted by Gasteiger charge is 2.49. The van der Waals surface area contributed by atoms with Crippen LogP contribution in [0.25, 0.3) is 5.69 Å². The number of carboxylic acids is 1. The Balaban J connectivity index is 1.90. The van der Waals surface area contributed by atoms with Gasteiger partial charge in [0.1, 0.15) is 5.82 Å². The molecule has 1 fully saturated rings. The van der Waals surface area contributed by atoms with Crippen molar-refractivity contribution in [2.45, 2.75) is 47.0 Å². The SMILES string of the molecule is Cc1nc(C(=O)N2CCC(C(=O)O)(C(C)C)C2)nn1-c1ccccc1C(C)C. The lowest BCUT2D eigenvalue weighted by molar-refractivity contribution is -0.150. The summed E-state index contributed by atoms with van der Waals surface area (Å²) < 4.78 is 1.70. The number of carbonyl (C=O) groups is 2. The molecule has 2 aromatic rings. The molecule has 1 amide bonds. The third-order valence-electron chi connectivity index (χ3n) is 5.87. The predicted molar refractivity (Wildman–Crippen MR) is 106 cm³/mol. The van der Waals surface area contributed by atoms with Crippen molar-refractivity contribution < 1.29 is 14.7 Å². The first-order valence-corrected chi connectivity index (χ1v) is 9.73. The van der Waals surface area contributed by atoms with E-state index in [0.717, 1.165) is 11.3 Å². The Morgan fingerprint density at radius 2 is 1.86 bits per heavy atom. The van der Waals surface area contributed by atoms with Gasteiger partial charge in [-0.25, -0.2) is 9.67 Å². The van der Waals surface area contributed by atoms with Gasteiger partial charge >= 0.3 is 5.97 Å². The summed E-state index contributed by atoms with van der Waals surface area (Å²) in [6.07, 6.45) is 0.446. The Kier molecular flexibility index (Phi) is 5.28. The lowest BCUT2D eigenvalue weighted by atomic mass is 9.76. The van der Waals surface area contributed by atoms with E-state index >= 15 is 0 Å². The smallest absolute Gasteiger partial charge is 0.311 e. The van der Waals surface area contributed by atoms with Gasteiger partial charge < -0.3 is 10.0 Å². The summed E-state index contributed by atoms with van der Waals surface area (Å²) in [5.41, 5.74) is 1.13. The standard InChI is InChI=1S/C21H28N4O3/c1-13(2)16-8-6-7-9-17(16)25-15(5)22-18(23-25)19(26)24-11-10-21(12-24,14(3)4)20(27)28/h6-9,13-14H,10-12H2,1-5H3,(H,27,28). The molecule has 3 rings (SSSR count). The molecule has 0 bridgehead atoms. The van der Waals surface area contributed by atoms with Crippen LogP contribution in [-0.2, 0) is 4.79 Å². The summed E-state index contributed by atoms with van der Waals surface area (Å²) in [4.78, 5) is 30.8. The second-order valence-electron chi connectivity index (χ2n) is 8.20. The maximum Gasteiger partial charge on any atom is 0.311 e. The minimum atomic E-state index is -0.905. The number of carbonyl (C=O) groups excluding carboxylic acids is 1. The van der Waals surface area contributed by atoms with E-state index in [-0.39, 0.29) is 24.2 Å². The Morgan fingerprint density at radius 3 is 2.43 bits per heavy atom. The van der Waals surface area contributed by atoms with Gasteiger partial charge in [-0.05, 0) is 36.8 Å². The molecule has 1 aliphatic heterocycles. The molecule has 0 spiro atoms. The molecular formula is C21H28N4O3. The molecule has 1 saturated heterocycles. The van der Waals surface area contributed by atoms with E-state index in [1.165, 1.54) is 0 Å². The number of aryl methyl sites for hydroxylation is 1. The van der Waals surface area contributed by atoms with Crippen LogP contribution in [0, 0.1) is 18.3 Å². The van der Waals surface area contributed by atoms with Gasteiger partial charge in [-0.15, -0.1) is 5.10 Å². The van der Waals surface area contributed by atoms with Gasteiger partial charge in [-0.3, -0.25) is 9.59 Å². The highest BCUT2D eigenvalue weighted by Crippen LogP contribution is 2.38. The largest absolute Gasteiger partial charge is 0.481 e. The lowest BCUT2D eigenvalue weighted by Gasteiger charge is -2.28. The molecule has 1 aliphatic rings. The van der Waals surface area contributed by atoms with E-state index in [9.17, 15) is 14.7 Å². The zero-order valence-corrected chi connectivity index (χ0v) is 17.1. The van der Waals surface area contributed by atoms with Crippen molar-refractivity contribution >= 4 is 11.9 Å². The van der Waals surface area contributed by atoms with Crippen LogP contribution < -0.4 is 0 Å². The number of aromatic nitrogens is 3. The topological polar surface area (TPSA) is 88.3 Å². The first-order chi connectivity index (χ1) is 13.2. The molecule has 0 radical (unpaired) electrons. The Labute approximate surface area is 165 Å². The first kappa shape index (κ1) is 20.0. The highest BCUT2D eigenvalue weighted by molar-refractivity contribution is 5.91.